The van der Waals surface area contributed by atoms with E-state index in [-0.39, 0.29) is 0 Å². The van der Waals surface area contributed by atoms with Gasteiger partial charge in [-0.2, -0.15) is 0 Å². The second-order valence-corrected chi connectivity index (χ2v) is 7.48. The molecular formula is C17H33N3. The van der Waals surface area contributed by atoms with Gasteiger partial charge in [0.2, 0.25) is 0 Å². The fourth-order valence-corrected chi connectivity index (χ4v) is 4.82. The molecule has 3 rings (SSSR count). The molecule has 4 atom stereocenters. The predicted molar refractivity (Wildman–Crippen MR) is 84.7 cm³/mol. The first-order valence-corrected chi connectivity index (χ1v) is 8.98. The molecule has 0 bridgehead atoms. The van der Waals surface area contributed by atoms with Gasteiger partial charge >= 0.3 is 0 Å². The Balaban J connectivity index is 1.50. The van der Waals surface area contributed by atoms with Crippen molar-refractivity contribution in [3.05, 3.63) is 0 Å². The molecule has 0 aromatic carbocycles. The second-order valence-electron chi connectivity index (χ2n) is 7.48. The van der Waals surface area contributed by atoms with Gasteiger partial charge in [0.15, 0.2) is 0 Å². The summed E-state index contributed by atoms with van der Waals surface area (Å²) in [5.41, 5.74) is 6.42. The van der Waals surface area contributed by atoms with E-state index in [0.717, 1.165) is 17.9 Å². The highest BCUT2D eigenvalue weighted by atomic mass is 15.3. The third kappa shape index (κ3) is 3.37. The Bertz CT molecular complexity index is 307. The third-order valence-corrected chi connectivity index (χ3v) is 6.01. The lowest BCUT2D eigenvalue weighted by molar-refractivity contribution is 0.0742. The molecule has 0 amide bonds. The smallest absolute Gasteiger partial charge is 0.0224 e. The van der Waals surface area contributed by atoms with Crippen LogP contribution in [-0.4, -0.2) is 54.6 Å². The van der Waals surface area contributed by atoms with Gasteiger partial charge in [0.05, 0.1) is 0 Å². The van der Waals surface area contributed by atoms with Crippen molar-refractivity contribution in [3.63, 3.8) is 0 Å². The number of hydrogen-bond donors (Lipinski definition) is 1. The minimum Gasteiger partial charge on any atom is -0.327 e. The van der Waals surface area contributed by atoms with Crippen LogP contribution in [0.3, 0.4) is 0 Å². The summed E-state index contributed by atoms with van der Waals surface area (Å²) in [6.07, 6.45) is 9.62. The second kappa shape index (κ2) is 6.76. The maximum atomic E-state index is 6.42. The first-order chi connectivity index (χ1) is 9.76. The average molecular weight is 279 g/mol. The minimum atomic E-state index is 0.463. The fourth-order valence-electron chi connectivity index (χ4n) is 4.82. The van der Waals surface area contributed by atoms with E-state index in [1.54, 1.807) is 0 Å². The first-order valence-electron chi connectivity index (χ1n) is 8.98. The molecule has 2 aliphatic heterocycles. The van der Waals surface area contributed by atoms with Gasteiger partial charge in [0.1, 0.15) is 0 Å². The molecule has 2 heterocycles. The molecule has 0 radical (unpaired) electrons. The van der Waals surface area contributed by atoms with E-state index >= 15 is 0 Å². The Hall–Kier alpha value is -0.120. The highest BCUT2D eigenvalue weighted by Crippen LogP contribution is 2.32. The summed E-state index contributed by atoms with van der Waals surface area (Å²) in [6.45, 7) is 8.82. The van der Waals surface area contributed by atoms with Crippen molar-refractivity contribution in [1.29, 1.82) is 0 Å². The molecule has 0 aromatic rings. The van der Waals surface area contributed by atoms with E-state index in [9.17, 15) is 0 Å². The maximum absolute atomic E-state index is 6.42. The molecule has 0 spiro atoms. The number of nitrogens with zero attached hydrogens (tertiary/aromatic N) is 2. The minimum absolute atomic E-state index is 0.463. The SMILES string of the molecule is CCCC1CCC(N)C(CN2CCN3CCCC3C2)C1. The van der Waals surface area contributed by atoms with Crippen molar-refractivity contribution < 1.29 is 0 Å². The van der Waals surface area contributed by atoms with Gasteiger partial charge in [-0.15, -0.1) is 0 Å². The van der Waals surface area contributed by atoms with E-state index in [0.29, 0.717) is 6.04 Å². The van der Waals surface area contributed by atoms with E-state index in [2.05, 4.69) is 16.7 Å². The summed E-state index contributed by atoms with van der Waals surface area (Å²) < 4.78 is 0. The molecule has 3 aliphatic rings. The molecular weight excluding hydrogens is 246 g/mol. The Kier molecular flexibility index (Phi) is 5.00. The van der Waals surface area contributed by atoms with Gasteiger partial charge in [-0.1, -0.05) is 19.8 Å². The fraction of sp³-hybridized carbons (Fsp3) is 1.00. The monoisotopic (exact) mass is 279 g/mol. The van der Waals surface area contributed by atoms with Crippen LogP contribution in [0.5, 0.6) is 0 Å². The number of rotatable bonds is 4. The van der Waals surface area contributed by atoms with Crippen molar-refractivity contribution in [3.8, 4) is 0 Å². The summed E-state index contributed by atoms with van der Waals surface area (Å²) in [6, 6.07) is 1.32. The molecule has 0 aromatic heterocycles. The largest absolute Gasteiger partial charge is 0.327 e. The van der Waals surface area contributed by atoms with Gasteiger partial charge in [0.25, 0.3) is 0 Å². The Morgan fingerprint density at radius 2 is 2.00 bits per heavy atom. The van der Waals surface area contributed by atoms with Gasteiger partial charge in [-0.25, -0.2) is 0 Å². The van der Waals surface area contributed by atoms with E-state index in [1.807, 2.05) is 0 Å². The summed E-state index contributed by atoms with van der Waals surface area (Å²) in [5.74, 6) is 1.71. The molecule has 4 unspecified atom stereocenters. The zero-order valence-electron chi connectivity index (χ0n) is 13.3. The third-order valence-electron chi connectivity index (χ3n) is 6.01. The topological polar surface area (TPSA) is 32.5 Å². The zero-order valence-corrected chi connectivity index (χ0v) is 13.3. The van der Waals surface area contributed by atoms with Crippen molar-refractivity contribution >= 4 is 0 Å². The Morgan fingerprint density at radius 3 is 2.85 bits per heavy atom. The van der Waals surface area contributed by atoms with Crippen LogP contribution >= 0.6 is 0 Å². The predicted octanol–water partition coefficient (Wildman–Crippen LogP) is 2.31. The molecule has 20 heavy (non-hydrogen) atoms. The average Bonchev–Trinajstić information content (AvgIpc) is 2.90. The summed E-state index contributed by atoms with van der Waals surface area (Å²) in [5, 5.41) is 0. The van der Waals surface area contributed by atoms with Crippen LogP contribution in [0.25, 0.3) is 0 Å². The van der Waals surface area contributed by atoms with Crippen LogP contribution in [-0.2, 0) is 0 Å². The lowest BCUT2D eigenvalue weighted by Gasteiger charge is -2.42. The Labute approximate surface area is 124 Å². The van der Waals surface area contributed by atoms with Crippen molar-refractivity contribution in [2.45, 2.75) is 64.0 Å². The lowest BCUT2D eigenvalue weighted by atomic mass is 9.76. The molecule has 3 heteroatoms. The van der Waals surface area contributed by atoms with Gasteiger partial charge in [-0.3, -0.25) is 4.90 Å². The summed E-state index contributed by atoms with van der Waals surface area (Å²) in [7, 11) is 0. The molecule has 1 saturated carbocycles. The quantitative estimate of drug-likeness (QED) is 0.857. The van der Waals surface area contributed by atoms with Crippen molar-refractivity contribution in [2.24, 2.45) is 17.6 Å². The van der Waals surface area contributed by atoms with Crippen LogP contribution < -0.4 is 5.73 Å². The summed E-state index contributed by atoms with van der Waals surface area (Å²) in [4.78, 5) is 5.43. The van der Waals surface area contributed by atoms with Crippen molar-refractivity contribution in [2.75, 3.05) is 32.7 Å². The maximum Gasteiger partial charge on any atom is 0.0224 e. The van der Waals surface area contributed by atoms with Crippen molar-refractivity contribution in [1.82, 2.24) is 9.80 Å². The standard InChI is InChI=1S/C17H33N3/c1-2-4-14-6-7-17(18)15(11-14)12-19-9-10-20-8-3-5-16(20)13-19/h14-17H,2-13,18H2,1H3. The van der Waals surface area contributed by atoms with Gasteiger partial charge in [0, 0.05) is 38.3 Å². The van der Waals surface area contributed by atoms with Crippen LogP contribution in [0.15, 0.2) is 0 Å². The highest BCUT2D eigenvalue weighted by Gasteiger charge is 2.34. The lowest BCUT2D eigenvalue weighted by Crippen LogP contribution is -2.53. The van der Waals surface area contributed by atoms with E-state index in [4.69, 9.17) is 5.73 Å². The first kappa shape index (κ1) is 14.8. The number of fused-ring (bicyclic) bond motifs is 1. The number of piperazine rings is 1. The van der Waals surface area contributed by atoms with Gasteiger partial charge in [-0.05, 0) is 50.5 Å². The van der Waals surface area contributed by atoms with Crippen LogP contribution in [0.1, 0.15) is 51.9 Å². The molecule has 1 aliphatic carbocycles. The number of hydrogen-bond acceptors (Lipinski definition) is 3. The molecule has 2 saturated heterocycles. The molecule has 2 N–H and O–H groups in total. The number of nitrogens with two attached hydrogens (primary N) is 1. The van der Waals surface area contributed by atoms with Crippen LogP contribution in [0.2, 0.25) is 0 Å². The van der Waals surface area contributed by atoms with Gasteiger partial charge < -0.3 is 10.6 Å². The summed E-state index contributed by atoms with van der Waals surface area (Å²) >= 11 is 0. The Morgan fingerprint density at radius 1 is 1.10 bits per heavy atom. The van der Waals surface area contributed by atoms with E-state index in [1.165, 1.54) is 77.7 Å². The molecule has 116 valence electrons. The molecule has 3 nitrogen and oxygen atoms in total. The van der Waals surface area contributed by atoms with Crippen LogP contribution in [0.4, 0.5) is 0 Å². The molecule has 3 fully saturated rings. The van der Waals surface area contributed by atoms with E-state index < -0.39 is 0 Å². The van der Waals surface area contributed by atoms with Crippen LogP contribution in [0, 0.1) is 11.8 Å². The highest BCUT2D eigenvalue weighted by molar-refractivity contribution is 4.90. The normalized spacial score (nSPS) is 39.9. The zero-order chi connectivity index (χ0) is 13.9.